The molecule has 1 aromatic rings. The minimum atomic E-state index is -0.770. The Balaban J connectivity index is 1.79. The van der Waals surface area contributed by atoms with E-state index >= 15 is 0 Å². The average Bonchev–Trinajstić information content (AvgIpc) is 2.84. The van der Waals surface area contributed by atoms with Gasteiger partial charge in [0.05, 0.1) is 6.42 Å². The molecule has 0 aromatic heterocycles. The van der Waals surface area contributed by atoms with Gasteiger partial charge < -0.3 is 10.4 Å². The first kappa shape index (κ1) is 12.9. The third-order valence-electron chi connectivity index (χ3n) is 3.23. The Morgan fingerprint density at radius 2 is 1.89 bits per heavy atom. The molecule has 1 fully saturated rings. The van der Waals surface area contributed by atoms with Gasteiger partial charge in [0.15, 0.2) is 0 Å². The third kappa shape index (κ3) is 4.04. The number of nitrogens with zero attached hydrogens (tertiary/aromatic N) is 1. The lowest BCUT2D eigenvalue weighted by molar-refractivity contribution is -0.136. The number of hydrogen-bond donors (Lipinski definition) is 2. The number of hydrogen-bond acceptors (Lipinski definition) is 3. The van der Waals surface area contributed by atoms with Crippen molar-refractivity contribution in [3.63, 3.8) is 0 Å². The van der Waals surface area contributed by atoms with E-state index < -0.39 is 5.97 Å². The first-order valence-electron chi connectivity index (χ1n) is 6.51. The molecule has 2 rings (SSSR count). The number of anilines is 1. The van der Waals surface area contributed by atoms with Crippen LogP contribution >= 0.6 is 0 Å². The first-order chi connectivity index (χ1) is 8.74. The van der Waals surface area contributed by atoms with Crippen LogP contribution in [0.1, 0.15) is 24.8 Å². The number of rotatable bonds is 6. The van der Waals surface area contributed by atoms with Crippen molar-refractivity contribution < 1.29 is 9.90 Å². The normalized spacial score (nSPS) is 15.8. The molecular weight excluding hydrogens is 228 g/mol. The fourth-order valence-electron chi connectivity index (χ4n) is 2.24. The van der Waals surface area contributed by atoms with Crippen LogP contribution in [0.25, 0.3) is 0 Å². The Morgan fingerprint density at radius 1 is 1.22 bits per heavy atom. The van der Waals surface area contributed by atoms with Crippen molar-refractivity contribution in [2.75, 3.05) is 25.0 Å². The number of benzene rings is 1. The molecule has 1 aliphatic heterocycles. The third-order valence-corrected chi connectivity index (χ3v) is 3.23. The van der Waals surface area contributed by atoms with Crippen LogP contribution in [0.15, 0.2) is 24.3 Å². The van der Waals surface area contributed by atoms with E-state index in [1.165, 1.54) is 31.5 Å². The summed E-state index contributed by atoms with van der Waals surface area (Å²) in [7, 11) is 0. The number of nitrogens with one attached hydrogen (secondary N) is 1. The van der Waals surface area contributed by atoms with Crippen LogP contribution in [0.4, 0.5) is 5.69 Å². The molecule has 2 N–H and O–H groups in total. The number of aliphatic carboxylic acids is 1. The molecule has 0 spiro atoms. The topological polar surface area (TPSA) is 52.6 Å². The van der Waals surface area contributed by atoms with E-state index in [4.69, 9.17) is 5.11 Å². The van der Waals surface area contributed by atoms with Crippen LogP contribution in [-0.4, -0.2) is 35.6 Å². The maximum atomic E-state index is 10.4. The first-order valence-corrected chi connectivity index (χ1v) is 6.51. The maximum absolute atomic E-state index is 10.4. The summed E-state index contributed by atoms with van der Waals surface area (Å²) >= 11 is 0. The van der Waals surface area contributed by atoms with Gasteiger partial charge in [-0.25, -0.2) is 0 Å². The van der Waals surface area contributed by atoms with Crippen LogP contribution in [0.5, 0.6) is 0 Å². The average molecular weight is 248 g/mol. The molecule has 1 aromatic carbocycles. The van der Waals surface area contributed by atoms with Crippen LogP contribution < -0.4 is 5.32 Å². The molecule has 0 amide bonds. The van der Waals surface area contributed by atoms with Gasteiger partial charge in [0.25, 0.3) is 0 Å². The second kappa shape index (κ2) is 6.40. The van der Waals surface area contributed by atoms with Crippen molar-refractivity contribution in [1.29, 1.82) is 0 Å². The molecule has 18 heavy (non-hydrogen) atoms. The van der Waals surface area contributed by atoms with Crippen molar-refractivity contribution in [2.24, 2.45) is 0 Å². The molecule has 1 saturated heterocycles. The summed E-state index contributed by atoms with van der Waals surface area (Å²) in [4.78, 5) is 12.9. The number of carboxylic acid groups (broad SMARTS) is 1. The molecule has 0 aliphatic carbocycles. The molecule has 4 heteroatoms. The maximum Gasteiger partial charge on any atom is 0.305 e. The molecule has 4 nitrogen and oxygen atoms in total. The lowest BCUT2D eigenvalue weighted by Gasteiger charge is -2.14. The number of carboxylic acids is 1. The van der Waals surface area contributed by atoms with Crippen LogP contribution in [0, 0.1) is 0 Å². The van der Waals surface area contributed by atoms with Crippen molar-refractivity contribution in [1.82, 2.24) is 4.90 Å². The smallest absolute Gasteiger partial charge is 0.305 e. The van der Waals surface area contributed by atoms with Gasteiger partial charge in [0.1, 0.15) is 0 Å². The second-order valence-corrected chi connectivity index (χ2v) is 4.75. The molecule has 0 radical (unpaired) electrons. The van der Waals surface area contributed by atoms with E-state index in [2.05, 4.69) is 22.3 Å². The Kier molecular flexibility index (Phi) is 4.59. The summed E-state index contributed by atoms with van der Waals surface area (Å²) in [6, 6.07) is 8.27. The van der Waals surface area contributed by atoms with E-state index in [0.717, 1.165) is 12.2 Å². The van der Waals surface area contributed by atoms with Gasteiger partial charge >= 0.3 is 5.97 Å². The van der Waals surface area contributed by atoms with E-state index in [1.807, 2.05) is 12.1 Å². The Hall–Kier alpha value is -1.55. The van der Waals surface area contributed by atoms with Gasteiger partial charge in [-0.1, -0.05) is 12.1 Å². The zero-order valence-electron chi connectivity index (χ0n) is 10.6. The van der Waals surface area contributed by atoms with Gasteiger partial charge in [-0.15, -0.1) is 0 Å². The molecule has 0 unspecified atom stereocenters. The zero-order chi connectivity index (χ0) is 12.8. The summed E-state index contributed by atoms with van der Waals surface area (Å²) in [5.74, 6) is -0.770. The molecule has 0 saturated carbocycles. The van der Waals surface area contributed by atoms with Gasteiger partial charge in [-0.2, -0.15) is 0 Å². The summed E-state index contributed by atoms with van der Waals surface area (Å²) < 4.78 is 0. The molecule has 98 valence electrons. The Morgan fingerprint density at radius 3 is 2.50 bits per heavy atom. The lowest BCUT2D eigenvalue weighted by atomic mass is 10.2. The quantitative estimate of drug-likeness (QED) is 0.810. The lowest BCUT2D eigenvalue weighted by Crippen LogP contribution is -2.18. The largest absolute Gasteiger partial charge is 0.481 e. The number of likely N-dealkylation sites (tertiary alicyclic amines) is 1. The van der Waals surface area contributed by atoms with Gasteiger partial charge in [-0.3, -0.25) is 9.69 Å². The monoisotopic (exact) mass is 248 g/mol. The van der Waals surface area contributed by atoms with E-state index in [9.17, 15) is 4.79 Å². The molecule has 0 bridgehead atoms. The number of carbonyl (C=O) groups is 1. The van der Waals surface area contributed by atoms with Gasteiger partial charge in [0.2, 0.25) is 0 Å². The summed E-state index contributed by atoms with van der Waals surface area (Å²) in [5, 5.41) is 11.7. The van der Waals surface area contributed by atoms with Gasteiger partial charge in [-0.05, 0) is 43.6 Å². The van der Waals surface area contributed by atoms with E-state index in [-0.39, 0.29) is 6.42 Å². The van der Waals surface area contributed by atoms with Crippen molar-refractivity contribution in [3.05, 3.63) is 29.8 Å². The summed E-state index contributed by atoms with van der Waals surface area (Å²) in [6.45, 7) is 3.91. The highest BCUT2D eigenvalue weighted by Crippen LogP contribution is 2.15. The van der Waals surface area contributed by atoms with E-state index in [1.54, 1.807) is 0 Å². The molecule has 1 aliphatic rings. The predicted octanol–water partition coefficient (Wildman–Crippen LogP) is 2.17. The van der Waals surface area contributed by atoms with Crippen LogP contribution in [0.2, 0.25) is 0 Å². The second-order valence-electron chi connectivity index (χ2n) is 4.75. The fourth-order valence-corrected chi connectivity index (χ4v) is 2.24. The molecular formula is C14H20N2O2. The standard InChI is InChI=1S/C14H20N2O2/c17-14(18)7-8-15-13-5-3-12(4-6-13)11-16-9-1-2-10-16/h3-6,15H,1-2,7-11H2,(H,17,18). The van der Waals surface area contributed by atoms with Crippen molar-refractivity contribution in [2.45, 2.75) is 25.8 Å². The predicted molar refractivity (Wildman–Crippen MR) is 71.7 cm³/mol. The summed E-state index contributed by atoms with van der Waals surface area (Å²) in [5.41, 5.74) is 2.31. The highest BCUT2D eigenvalue weighted by atomic mass is 16.4. The molecule has 0 atom stereocenters. The highest BCUT2D eigenvalue weighted by Gasteiger charge is 2.11. The Bertz CT molecular complexity index is 383. The fraction of sp³-hybridized carbons (Fsp3) is 0.500. The van der Waals surface area contributed by atoms with Gasteiger partial charge in [0, 0.05) is 18.8 Å². The minimum Gasteiger partial charge on any atom is -0.481 e. The molecule has 1 heterocycles. The Labute approximate surface area is 108 Å². The van der Waals surface area contributed by atoms with Crippen LogP contribution in [0.3, 0.4) is 0 Å². The SMILES string of the molecule is O=C(O)CCNc1ccc(CN2CCCC2)cc1. The van der Waals surface area contributed by atoms with E-state index in [0.29, 0.717) is 6.54 Å². The zero-order valence-corrected chi connectivity index (χ0v) is 10.6. The van der Waals surface area contributed by atoms with Crippen molar-refractivity contribution >= 4 is 11.7 Å². The minimum absolute atomic E-state index is 0.148. The van der Waals surface area contributed by atoms with Crippen molar-refractivity contribution in [3.8, 4) is 0 Å². The van der Waals surface area contributed by atoms with Crippen LogP contribution in [-0.2, 0) is 11.3 Å². The summed E-state index contributed by atoms with van der Waals surface area (Å²) in [6.07, 6.45) is 2.78. The highest BCUT2D eigenvalue weighted by molar-refractivity contribution is 5.67.